The van der Waals surface area contributed by atoms with Gasteiger partial charge in [0, 0.05) is 18.2 Å². The second-order valence-corrected chi connectivity index (χ2v) is 9.14. The first-order valence-electron chi connectivity index (χ1n) is 11.0. The number of thioether (sulfide) groups is 1. The summed E-state index contributed by atoms with van der Waals surface area (Å²) in [5.74, 6) is 0.281. The minimum Gasteiger partial charge on any atom is -0.351 e. The van der Waals surface area contributed by atoms with Crippen LogP contribution in [0.1, 0.15) is 62.7 Å². The van der Waals surface area contributed by atoms with Crippen LogP contribution < -0.4 is 5.32 Å². The number of para-hydroxylation sites is 1. The number of unbranched alkanes of at least 4 members (excludes halogenated alkanes) is 1. The third-order valence-electron chi connectivity index (χ3n) is 6.00. The number of carbonyl (C=O) groups is 2. The number of rotatable bonds is 6. The van der Waals surface area contributed by atoms with Gasteiger partial charge in [-0.3, -0.25) is 9.59 Å². The number of carbonyl (C=O) groups excluding carboxylic acids is 2. The first kappa shape index (κ1) is 21.0. The van der Waals surface area contributed by atoms with Gasteiger partial charge in [-0.1, -0.05) is 56.1 Å². The number of benzene rings is 1. The number of nitrogens with zero attached hydrogens (tertiary/aromatic N) is 3. The van der Waals surface area contributed by atoms with E-state index in [4.69, 9.17) is 5.10 Å². The fourth-order valence-electron chi connectivity index (χ4n) is 4.43. The van der Waals surface area contributed by atoms with E-state index in [0.717, 1.165) is 60.5 Å². The van der Waals surface area contributed by atoms with E-state index < -0.39 is 6.04 Å². The van der Waals surface area contributed by atoms with Gasteiger partial charge in [0.05, 0.1) is 17.1 Å². The van der Waals surface area contributed by atoms with Gasteiger partial charge in [0.2, 0.25) is 11.8 Å². The molecule has 1 unspecified atom stereocenters. The molecule has 1 aliphatic heterocycles. The monoisotopic (exact) mass is 426 g/mol. The fraction of sp³-hybridized carbons (Fsp3) is 0.522. The number of fused-ring (bicyclic) bond motifs is 1. The predicted octanol–water partition coefficient (Wildman–Crippen LogP) is 4.02. The first-order valence-corrected chi connectivity index (χ1v) is 12.0. The van der Waals surface area contributed by atoms with Crippen molar-refractivity contribution in [1.29, 1.82) is 0 Å². The summed E-state index contributed by atoms with van der Waals surface area (Å²) < 4.78 is 1.89. The molecule has 0 saturated heterocycles. The lowest BCUT2D eigenvalue weighted by molar-refractivity contribution is -0.139. The summed E-state index contributed by atoms with van der Waals surface area (Å²) in [5, 5.41) is 8.93. The summed E-state index contributed by atoms with van der Waals surface area (Å²) >= 11 is 1.49. The summed E-state index contributed by atoms with van der Waals surface area (Å²) in [6, 6.07) is 9.52. The normalized spacial score (nSPS) is 19.6. The van der Waals surface area contributed by atoms with Crippen molar-refractivity contribution < 1.29 is 9.59 Å². The molecule has 2 amide bonds. The molecule has 2 aromatic rings. The van der Waals surface area contributed by atoms with E-state index in [1.54, 1.807) is 4.90 Å². The molecule has 1 fully saturated rings. The molecule has 1 aliphatic carbocycles. The zero-order chi connectivity index (χ0) is 21.1. The smallest absolute Gasteiger partial charge is 0.247 e. The highest BCUT2D eigenvalue weighted by molar-refractivity contribution is 8.00. The summed E-state index contributed by atoms with van der Waals surface area (Å²) in [6.45, 7) is 4.64. The highest BCUT2D eigenvalue weighted by atomic mass is 32.2. The lowest BCUT2D eigenvalue weighted by Crippen LogP contribution is -2.46. The molecule has 1 saturated carbocycles. The van der Waals surface area contributed by atoms with Crippen LogP contribution in [0.2, 0.25) is 0 Å². The lowest BCUT2D eigenvalue weighted by atomic mass is 10.0. The maximum atomic E-state index is 13.5. The zero-order valence-corrected chi connectivity index (χ0v) is 18.6. The molecular formula is C23H30N4O2S. The Morgan fingerprint density at radius 1 is 1.23 bits per heavy atom. The van der Waals surface area contributed by atoms with E-state index in [0.29, 0.717) is 12.3 Å². The lowest BCUT2D eigenvalue weighted by Gasteiger charge is -2.30. The topological polar surface area (TPSA) is 67.2 Å². The van der Waals surface area contributed by atoms with Gasteiger partial charge in [0.25, 0.3) is 0 Å². The molecule has 0 bridgehead atoms. The van der Waals surface area contributed by atoms with Crippen LogP contribution in [0.15, 0.2) is 35.4 Å². The Labute approximate surface area is 182 Å². The van der Waals surface area contributed by atoms with E-state index >= 15 is 0 Å². The first-order chi connectivity index (χ1) is 14.6. The molecule has 30 heavy (non-hydrogen) atoms. The Hall–Kier alpha value is -2.28. The van der Waals surface area contributed by atoms with Gasteiger partial charge in [-0.05, 0) is 38.3 Å². The molecule has 2 heterocycles. The standard InChI is InChI=1S/C23H30N4O2S/c1-3-4-14-26-19(28)15-30-23-20(21(26)22(29)24-17-10-8-9-11-17)16(2)25-27(23)18-12-6-5-7-13-18/h5-7,12-13,17,21H,3-4,8-11,14-15H2,1-2H3,(H,24,29). The van der Waals surface area contributed by atoms with E-state index in [-0.39, 0.29) is 17.9 Å². The average molecular weight is 427 g/mol. The van der Waals surface area contributed by atoms with Crippen molar-refractivity contribution in [2.75, 3.05) is 12.3 Å². The molecule has 2 aliphatic rings. The number of aryl methyl sites for hydroxylation is 1. The molecule has 4 rings (SSSR count). The van der Waals surface area contributed by atoms with Crippen molar-refractivity contribution in [2.24, 2.45) is 0 Å². The van der Waals surface area contributed by atoms with Crippen molar-refractivity contribution >= 4 is 23.6 Å². The minimum absolute atomic E-state index is 0.0234. The molecule has 0 radical (unpaired) electrons. The number of nitrogens with one attached hydrogen (secondary N) is 1. The zero-order valence-electron chi connectivity index (χ0n) is 17.8. The van der Waals surface area contributed by atoms with Gasteiger partial charge in [-0.25, -0.2) is 4.68 Å². The maximum Gasteiger partial charge on any atom is 0.247 e. The largest absolute Gasteiger partial charge is 0.351 e. The summed E-state index contributed by atoms with van der Waals surface area (Å²) in [7, 11) is 0. The fourth-order valence-corrected chi connectivity index (χ4v) is 5.54. The van der Waals surface area contributed by atoms with Crippen LogP contribution >= 0.6 is 11.8 Å². The molecule has 1 N–H and O–H groups in total. The number of hydrogen-bond acceptors (Lipinski definition) is 4. The van der Waals surface area contributed by atoms with Crippen LogP contribution in [0.4, 0.5) is 0 Å². The van der Waals surface area contributed by atoms with E-state index in [1.807, 2.05) is 41.9 Å². The van der Waals surface area contributed by atoms with Crippen LogP contribution in [-0.2, 0) is 9.59 Å². The number of aromatic nitrogens is 2. The molecule has 6 nitrogen and oxygen atoms in total. The van der Waals surface area contributed by atoms with E-state index in [1.165, 1.54) is 11.8 Å². The second kappa shape index (κ2) is 9.25. The SMILES string of the molecule is CCCCN1C(=O)CSc2c(c(C)nn2-c2ccccc2)C1C(=O)NC1CCCC1. The van der Waals surface area contributed by atoms with Gasteiger partial charge >= 0.3 is 0 Å². The third kappa shape index (κ3) is 4.13. The maximum absolute atomic E-state index is 13.5. The highest BCUT2D eigenvalue weighted by Crippen LogP contribution is 2.39. The van der Waals surface area contributed by atoms with Crippen LogP contribution in [-0.4, -0.2) is 44.8 Å². The number of hydrogen-bond donors (Lipinski definition) is 1. The Morgan fingerprint density at radius 3 is 2.67 bits per heavy atom. The van der Waals surface area contributed by atoms with Gasteiger partial charge in [0.15, 0.2) is 0 Å². The number of amides is 2. The summed E-state index contributed by atoms with van der Waals surface area (Å²) in [4.78, 5) is 28.4. The predicted molar refractivity (Wildman–Crippen MR) is 119 cm³/mol. The summed E-state index contributed by atoms with van der Waals surface area (Å²) in [5.41, 5.74) is 2.63. The van der Waals surface area contributed by atoms with Crippen LogP contribution in [0.5, 0.6) is 0 Å². The van der Waals surface area contributed by atoms with Crippen molar-refractivity contribution in [2.45, 2.75) is 69.5 Å². The molecule has 1 aromatic carbocycles. The van der Waals surface area contributed by atoms with Crippen molar-refractivity contribution in [3.63, 3.8) is 0 Å². The quantitative estimate of drug-likeness (QED) is 0.758. The van der Waals surface area contributed by atoms with Crippen molar-refractivity contribution in [3.05, 3.63) is 41.6 Å². The molecule has 0 spiro atoms. The Morgan fingerprint density at radius 2 is 1.97 bits per heavy atom. The summed E-state index contributed by atoms with van der Waals surface area (Å²) in [6.07, 6.45) is 6.20. The molecule has 1 aromatic heterocycles. The van der Waals surface area contributed by atoms with Crippen molar-refractivity contribution in [3.8, 4) is 5.69 Å². The highest BCUT2D eigenvalue weighted by Gasteiger charge is 2.40. The minimum atomic E-state index is -0.618. The van der Waals surface area contributed by atoms with Gasteiger partial charge in [-0.15, -0.1) is 0 Å². The molecule has 7 heteroatoms. The van der Waals surface area contributed by atoms with Gasteiger partial charge < -0.3 is 10.2 Å². The van der Waals surface area contributed by atoms with Crippen LogP contribution in [0.25, 0.3) is 5.69 Å². The Balaban J connectivity index is 1.77. The van der Waals surface area contributed by atoms with Crippen LogP contribution in [0, 0.1) is 6.92 Å². The van der Waals surface area contributed by atoms with Crippen molar-refractivity contribution in [1.82, 2.24) is 20.0 Å². The third-order valence-corrected chi connectivity index (χ3v) is 7.06. The second-order valence-electron chi connectivity index (χ2n) is 8.17. The molecular weight excluding hydrogens is 396 g/mol. The Kier molecular flexibility index (Phi) is 6.46. The van der Waals surface area contributed by atoms with E-state index in [2.05, 4.69) is 12.2 Å². The van der Waals surface area contributed by atoms with Crippen LogP contribution in [0.3, 0.4) is 0 Å². The van der Waals surface area contributed by atoms with Gasteiger partial charge in [-0.2, -0.15) is 5.10 Å². The van der Waals surface area contributed by atoms with Gasteiger partial charge in [0.1, 0.15) is 11.1 Å². The molecule has 1 atom stereocenters. The van der Waals surface area contributed by atoms with E-state index in [9.17, 15) is 9.59 Å². The Bertz CT molecular complexity index is 905. The average Bonchev–Trinajstić information content (AvgIpc) is 3.34. The molecule has 160 valence electrons.